The molecule has 1 nitrogen and oxygen atoms in total. The molecule has 0 radical (unpaired) electrons. The topological polar surface area (TPSA) is 12.0 Å². The number of nitrogens with one attached hydrogen (secondary N) is 1. The highest BCUT2D eigenvalue weighted by Crippen LogP contribution is 2.30. The molecule has 1 atom stereocenters. The molecular formula is C14H23NS. The first-order chi connectivity index (χ1) is 7.79. The number of hydrogen-bond donors (Lipinski definition) is 1. The number of rotatable bonds is 6. The Balaban J connectivity index is 1.76. The fourth-order valence-corrected chi connectivity index (χ4v) is 3.58. The maximum atomic E-state index is 3.63. The lowest BCUT2D eigenvalue weighted by atomic mass is 10.1. The van der Waals surface area contributed by atoms with E-state index in [-0.39, 0.29) is 0 Å². The SMILES string of the molecule is CCCCC(C)NCc1cc2c(s1)CCC2. The molecule has 1 aromatic rings. The van der Waals surface area contributed by atoms with Gasteiger partial charge in [0.1, 0.15) is 0 Å². The van der Waals surface area contributed by atoms with Crippen molar-refractivity contribution in [3.05, 3.63) is 21.4 Å². The molecule has 1 unspecified atom stereocenters. The molecule has 1 aromatic heterocycles. The van der Waals surface area contributed by atoms with Crippen molar-refractivity contribution in [3.8, 4) is 0 Å². The van der Waals surface area contributed by atoms with Crippen molar-refractivity contribution < 1.29 is 0 Å². The predicted molar refractivity (Wildman–Crippen MR) is 72.2 cm³/mol. The number of hydrogen-bond acceptors (Lipinski definition) is 2. The molecule has 0 bridgehead atoms. The smallest absolute Gasteiger partial charge is 0.0302 e. The molecular weight excluding hydrogens is 214 g/mol. The van der Waals surface area contributed by atoms with Crippen LogP contribution in [-0.4, -0.2) is 6.04 Å². The van der Waals surface area contributed by atoms with Crippen molar-refractivity contribution in [2.45, 2.75) is 65.0 Å². The molecule has 0 aromatic carbocycles. The van der Waals surface area contributed by atoms with Gasteiger partial charge in [-0.1, -0.05) is 19.8 Å². The third kappa shape index (κ3) is 3.08. The summed E-state index contributed by atoms with van der Waals surface area (Å²) in [5.74, 6) is 0. The van der Waals surface area contributed by atoms with Crippen molar-refractivity contribution in [1.82, 2.24) is 5.32 Å². The van der Waals surface area contributed by atoms with Gasteiger partial charge in [-0.25, -0.2) is 0 Å². The van der Waals surface area contributed by atoms with Crippen LogP contribution in [-0.2, 0) is 19.4 Å². The summed E-state index contributed by atoms with van der Waals surface area (Å²) in [6.45, 7) is 5.63. The van der Waals surface area contributed by atoms with E-state index in [9.17, 15) is 0 Å². The highest BCUT2D eigenvalue weighted by molar-refractivity contribution is 7.12. The predicted octanol–water partition coefficient (Wildman–Crippen LogP) is 3.91. The molecule has 16 heavy (non-hydrogen) atoms. The zero-order valence-corrected chi connectivity index (χ0v) is 11.3. The van der Waals surface area contributed by atoms with E-state index in [0.717, 1.165) is 6.54 Å². The van der Waals surface area contributed by atoms with E-state index in [2.05, 4.69) is 25.2 Å². The number of thiophene rings is 1. The van der Waals surface area contributed by atoms with Crippen LogP contribution in [0.1, 0.15) is 54.8 Å². The molecule has 0 saturated heterocycles. The van der Waals surface area contributed by atoms with Crippen LogP contribution in [0, 0.1) is 0 Å². The van der Waals surface area contributed by atoms with Crippen molar-refractivity contribution in [2.24, 2.45) is 0 Å². The highest BCUT2D eigenvalue weighted by atomic mass is 32.1. The van der Waals surface area contributed by atoms with Crippen LogP contribution in [0.4, 0.5) is 0 Å². The summed E-state index contributed by atoms with van der Waals surface area (Å²) >= 11 is 2.03. The van der Waals surface area contributed by atoms with Gasteiger partial charge >= 0.3 is 0 Å². The van der Waals surface area contributed by atoms with E-state index in [1.165, 1.54) is 43.4 Å². The van der Waals surface area contributed by atoms with Crippen molar-refractivity contribution >= 4 is 11.3 Å². The Bertz CT molecular complexity index is 308. The van der Waals surface area contributed by atoms with Crippen LogP contribution in [0.2, 0.25) is 0 Å². The Morgan fingerprint density at radius 3 is 3.06 bits per heavy atom. The molecule has 2 heteroatoms. The van der Waals surface area contributed by atoms with Gasteiger partial charge in [0.05, 0.1) is 0 Å². The average molecular weight is 237 g/mol. The number of aryl methyl sites for hydroxylation is 2. The molecule has 1 heterocycles. The summed E-state index contributed by atoms with van der Waals surface area (Å²) in [7, 11) is 0. The Labute approximate surface area is 103 Å². The first kappa shape index (κ1) is 12.1. The summed E-state index contributed by atoms with van der Waals surface area (Å²) in [5, 5.41) is 3.63. The molecule has 0 saturated carbocycles. The Morgan fingerprint density at radius 1 is 1.44 bits per heavy atom. The van der Waals surface area contributed by atoms with E-state index in [1.54, 1.807) is 10.4 Å². The second kappa shape index (κ2) is 5.83. The van der Waals surface area contributed by atoms with Crippen molar-refractivity contribution in [1.29, 1.82) is 0 Å². The maximum absolute atomic E-state index is 3.63. The fourth-order valence-electron chi connectivity index (χ4n) is 2.36. The second-order valence-electron chi connectivity index (χ2n) is 4.94. The van der Waals surface area contributed by atoms with Gasteiger partial charge in [-0.3, -0.25) is 0 Å². The summed E-state index contributed by atoms with van der Waals surface area (Å²) in [6, 6.07) is 3.09. The third-order valence-corrected chi connectivity index (χ3v) is 4.65. The van der Waals surface area contributed by atoms with Gasteiger partial charge < -0.3 is 5.32 Å². The summed E-state index contributed by atoms with van der Waals surface area (Å²) in [5.41, 5.74) is 1.63. The molecule has 2 rings (SSSR count). The Kier molecular flexibility index (Phi) is 4.42. The molecule has 1 aliphatic rings. The monoisotopic (exact) mass is 237 g/mol. The van der Waals surface area contributed by atoms with E-state index >= 15 is 0 Å². The second-order valence-corrected chi connectivity index (χ2v) is 6.16. The lowest BCUT2D eigenvalue weighted by Gasteiger charge is -2.12. The van der Waals surface area contributed by atoms with E-state index in [1.807, 2.05) is 11.3 Å². The largest absolute Gasteiger partial charge is 0.309 e. The number of unbranched alkanes of at least 4 members (excludes halogenated alkanes) is 1. The minimum Gasteiger partial charge on any atom is -0.309 e. The van der Waals surface area contributed by atoms with Gasteiger partial charge in [-0.05, 0) is 44.2 Å². The molecule has 0 amide bonds. The zero-order chi connectivity index (χ0) is 11.4. The standard InChI is InChI=1S/C14H23NS/c1-3-4-6-11(2)15-10-13-9-12-7-5-8-14(12)16-13/h9,11,15H,3-8,10H2,1-2H3. The highest BCUT2D eigenvalue weighted by Gasteiger charge is 2.14. The molecule has 0 fully saturated rings. The average Bonchev–Trinajstić information content (AvgIpc) is 2.83. The van der Waals surface area contributed by atoms with Gasteiger partial charge in [0.15, 0.2) is 0 Å². The van der Waals surface area contributed by atoms with Crippen LogP contribution >= 0.6 is 11.3 Å². The first-order valence-corrected chi connectivity index (χ1v) is 7.45. The van der Waals surface area contributed by atoms with Crippen LogP contribution < -0.4 is 5.32 Å². The Morgan fingerprint density at radius 2 is 2.31 bits per heavy atom. The molecule has 0 spiro atoms. The Hall–Kier alpha value is -0.340. The normalized spacial score (nSPS) is 16.4. The van der Waals surface area contributed by atoms with Gasteiger partial charge in [0, 0.05) is 22.3 Å². The third-order valence-electron chi connectivity index (χ3n) is 3.41. The summed E-state index contributed by atoms with van der Waals surface area (Å²) < 4.78 is 0. The lowest BCUT2D eigenvalue weighted by Crippen LogP contribution is -2.24. The zero-order valence-electron chi connectivity index (χ0n) is 10.5. The number of fused-ring (bicyclic) bond motifs is 1. The van der Waals surface area contributed by atoms with Crippen LogP contribution in [0.3, 0.4) is 0 Å². The van der Waals surface area contributed by atoms with Gasteiger partial charge in [-0.2, -0.15) is 0 Å². The van der Waals surface area contributed by atoms with Gasteiger partial charge in [0.25, 0.3) is 0 Å². The van der Waals surface area contributed by atoms with Crippen LogP contribution in [0.15, 0.2) is 6.07 Å². The van der Waals surface area contributed by atoms with Gasteiger partial charge in [0.2, 0.25) is 0 Å². The lowest BCUT2D eigenvalue weighted by molar-refractivity contribution is 0.497. The molecule has 1 N–H and O–H groups in total. The van der Waals surface area contributed by atoms with Crippen molar-refractivity contribution in [3.63, 3.8) is 0 Å². The summed E-state index contributed by atoms with van der Waals surface area (Å²) in [4.78, 5) is 3.19. The van der Waals surface area contributed by atoms with Crippen LogP contribution in [0.25, 0.3) is 0 Å². The quantitative estimate of drug-likeness (QED) is 0.791. The maximum Gasteiger partial charge on any atom is 0.0302 e. The van der Waals surface area contributed by atoms with E-state index in [4.69, 9.17) is 0 Å². The van der Waals surface area contributed by atoms with E-state index < -0.39 is 0 Å². The molecule has 0 aliphatic heterocycles. The van der Waals surface area contributed by atoms with E-state index in [0.29, 0.717) is 6.04 Å². The molecule has 1 aliphatic carbocycles. The minimum absolute atomic E-state index is 0.664. The molecule has 90 valence electrons. The first-order valence-electron chi connectivity index (χ1n) is 6.63. The van der Waals surface area contributed by atoms with Gasteiger partial charge in [-0.15, -0.1) is 11.3 Å². The fraction of sp³-hybridized carbons (Fsp3) is 0.714. The van der Waals surface area contributed by atoms with Crippen LogP contribution in [0.5, 0.6) is 0 Å². The van der Waals surface area contributed by atoms with Crippen molar-refractivity contribution in [2.75, 3.05) is 0 Å². The summed E-state index contributed by atoms with van der Waals surface area (Å²) in [6.07, 6.45) is 7.97. The minimum atomic E-state index is 0.664.